The monoisotopic (exact) mass is 344 g/mol. The van der Waals surface area contributed by atoms with E-state index < -0.39 is 39.7 Å². The van der Waals surface area contributed by atoms with E-state index >= 15 is 0 Å². The van der Waals surface area contributed by atoms with Crippen LogP contribution in [0, 0.1) is 0 Å². The molecule has 0 aromatic heterocycles. The molecule has 128 valence electrons. The van der Waals surface area contributed by atoms with Crippen molar-refractivity contribution in [2.24, 2.45) is 0 Å². The van der Waals surface area contributed by atoms with Crippen LogP contribution in [0.25, 0.3) is 0 Å². The van der Waals surface area contributed by atoms with E-state index in [0.29, 0.717) is 5.56 Å². The first-order valence-corrected chi connectivity index (χ1v) is 8.38. The summed E-state index contributed by atoms with van der Waals surface area (Å²) >= 11 is 0. The van der Waals surface area contributed by atoms with Crippen LogP contribution in [0.4, 0.5) is 5.69 Å². The Hall–Kier alpha value is -2.13. The van der Waals surface area contributed by atoms with Crippen LogP contribution < -0.4 is 10.2 Å². The molecular formula is C14H20N2O6S. The van der Waals surface area contributed by atoms with Crippen molar-refractivity contribution < 1.29 is 27.7 Å². The summed E-state index contributed by atoms with van der Waals surface area (Å²) in [4.78, 5) is 25.0. The van der Waals surface area contributed by atoms with Crippen molar-refractivity contribution in [3.05, 3.63) is 29.8 Å². The molecule has 0 saturated heterocycles. The number of nitrogens with zero attached hydrogens (tertiary/aromatic N) is 1. The molecule has 1 amide bonds. The zero-order valence-electron chi connectivity index (χ0n) is 13.1. The summed E-state index contributed by atoms with van der Waals surface area (Å²) in [6.45, 7) is 1.58. The predicted octanol–water partition coefficient (Wildman–Crippen LogP) is 0.313. The first kappa shape index (κ1) is 18.9. The first-order valence-electron chi connectivity index (χ1n) is 6.77. The van der Waals surface area contributed by atoms with Gasteiger partial charge >= 0.3 is 5.97 Å². The SMILES string of the molecule is CC(C(=O)NC(CS(=O)(=O)O)C(=O)O)c1ccc(N(C)C)cc1. The molecule has 1 aromatic rings. The molecule has 2 unspecified atom stereocenters. The van der Waals surface area contributed by atoms with E-state index in [2.05, 4.69) is 5.32 Å². The summed E-state index contributed by atoms with van der Waals surface area (Å²) in [6, 6.07) is 5.38. The van der Waals surface area contributed by atoms with E-state index in [1.807, 2.05) is 31.1 Å². The Bertz CT molecular complexity index is 669. The second-order valence-electron chi connectivity index (χ2n) is 5.36. The molecule has 9 heteroatoms. The number of rotatable bonds is 7. The number of anilines is 1. The van der Waals surface area contributed by atoms with E-state index in [4.69, 9.17) is 9.66 Å². The molecule has 1 aromatic carbocycles. The molecule has 23 heavy (non-hydrogen) atoms. The molecule has 0 heterocycles. The minimum Gasteiger partial charge on any atom is -0.480 e. The average Bonchev–Trinajstić information content (AvgIpc) is 2.44. The number of aliphatic carboxylic acids is 1. The number of amides is 1. The number of benzene rings is 1. The Balaban J connectivity index is 2.84. The molecule has 0 saturated carbocycles. The summed E-state index contributed by atoms with van der Waals surface area (Å²) < 4.78 is 30.4. The van der Waals surface area contributed by atoms with Gasteiger partial charge in [-0.3, -0.25) is 9.35 Å². The van der Waals surface area contributed by atoms with Crippen molar-refractivity contribution in [1.82, 2.24) is 5.32 Å². The summed E-state index contributed by atoms with van der Waals surface area (Å²) in [6.07, 6.45) is 0. The molecule has 0 aliphatic heterocycles. The zero-order valence-corrected chi connectivity index (χ0v) is 13.9. The summed E-state index contributed by atoms with van der Waals surface area (Å²) in [7, 11) is -0.775. The molecule has 1 rings (SSSR count). The van der Waals surface area contributed by atoms with Crippen LogP contribution in [-0.4, -0.2) is 55.8 Å². The number of carbonyl (C=O) groups is 2. The minimum atomic E-state index is -4.52. The Morgan fingerprint density at radius 1 is 1.22 bits per heavy atom. The van der Waals surface area contributed by atoms with Crippen molar-refractivity contribution in [1.29, 1.82) is 0 Å². The lowest BCUT2D eigenvalue weighted by atomic mass is 9.99. The third kappa shape index (κ3) is 5.87. The molecule has 0 aliphatic carbocycles. The Morgan fingerprint density at radius 2 is 1.74 bits per heavy atom. The molecule has 0 aliphatic rings. The highest BCUT2D eigenvalue weighted by Crippen LogP contribution is 2.19. The maximum atomic E-state index is 12.1. The average molecular weight is 344 g/mol. The Kier molecular flexibility index (Phi) is 6.11. The fraction of sp³-hybridized carbons (Fsp3) is 0.429. The van der Waals surface area contributed by atoms with Gasteiger partial charge in [0.25, 0.3) is 10.1 Å². The number of carbonyl (C=O) groups excluding carboxylic acids is 1. The molecule has 2 atom stereocenters. The Labute approximate surface area is 134 Å². The molecule has 0 radical (unpaired) electrons. The van der Waals surface area contributed by atoms with Crippen molar-refractivity contribution in [2.45, 2.75) is 18.9 Å². The molecule has 0 bridgehead atoms. The number of hydrogen-bond acceptors (Lipinski definition) is 5. The highest BCUT2D eigenvalue weighted by molar-refractivity contribution is 7.85. The topological polar surface area (TPSA) is 124 Å². The molecular weight excluding hydrogens is 324 g/mol. The van der Waals surface area contributed by atoms with Gasteiger partial charge in [-0.2, -0.15) is 8.42 Å². The smallest absolute Gasteiger partial charge is 0.327 e. The molecule has 8 nitrogen and oxygen atoms in total. The number of nitrogens with one attached hydrogen (secondary N) is 1. The number of hydrogen-bond donors (Lipinski definition) is 3. The highest BCUT2D eigenvalue weighted by atomic mass is 32.2. The van der Waals surface area contributed by atoms with E-state index in [0.717, 1.165) is 5.69 Å². The lowest BCUT2D eigenvalue weighted by Crippen LogP contribution is -2.46. The second kappa shape index (κ2) is 7.42. The van der Waals surface area contributed by atoms with Gasteiger partial charge in [0.05, 0.1) is 5.92 Å². The zero-order chi connectivity index (χ0) is 17.8. The van der Waals surface area contributed by atoms with Crippen molar-refractivity contribution in [2.75, 3.05) is 24.7 Å². The lowest BCUT2D eigenvalue weighted by Gasteiger charge is -2.18. The normalized spacial score (nSPS) is 13.9. The predicted molar refractivity (Wildman–Crippen MR) is 85.2 cm³/mol. The largest absolute Gasteiger partial charge is 0.480 e. The molecule has 0 fully saturated rings. The van der Waals surface area contributed by atoms with Crippen molar-refractivity contribution >= 4 is 27.7 Å². The maximum Gasteiger partial charge on any atom is 0.327 e. The van der Waals surface area contributed by atoms with Crippen LogP contribution in [0.1, 0.15) is 18.4 Å². The van der Waals surface area contributed by atoms with Gasteiger partial charge in [-0.1, -0.05) is 12.1 Å². The van der Waals surface area contributed by atoms with Crippen LogP contribution in [-0.2, 0) is 19.7 Å². The first-order chi connectivity index (χ1) is 10.5. The molecule has 3 N–H and O–H groups in total. The summed E-state index contributed by atoms with van der Waals surface area (Å²) in [5.74, 6) is -3.93. The maximum absolute atomic E-state index is 12.1. The van der Waals surface area contributed by atoms with Gasteiger partial charge in [0, 0.05) is 19.8 Å². The second-order valence-corrected chi connectivity index (χ2v) is 6.85. The van der Waals surface area contributed by atoms with E-state index in [-0.39, 0.29) is 0 Å². The Morgan fingerprint density at radius 3 is 2.13 bits per heavy atom. The quantitative estimate of drug-likeness (QED) is 0.608. The van der Waals surface area contributed by atoms with E-state index in [9.17, 15) is 18.0 Å². The van der Waals surface area contributed by atoms with Crippen molar-refractivity contribution in [3.8, 4) is 0 Å². The van der Waals surface area contributed by atoms with Gasteiger partial charge in [-0.25, -0.2) is 4.79 Å². The fourth-order valence-electron chi connectivity index (χ4n) is 1.89. The lowest BCUT2D eigenvalue weighted by molar-refractivity contribution is -0.141. The third-order valence-corrected chi connectivity index (χ3v) is 4.05. The van der Waals surface area contributed by atoms with Gasteiger partial charge in [0.1, 0.15) is 11.8 Å². The summed E-state index contributed by atoms with van der Waals surface area (Å²) in [5.41, 5.74) is 1.60. The van der Waals surface area contributed by atoms with Crippen LogP contribution in [0.15, 0.2) is 24.3 Å². The van der Waals surface area contributed by atoms with E-state index in [1.54, 1.807) is 19.1 Å². The van der Waals surface area contributed by atoms with Gasteiger partial charge in [-0.05, 0) is 24.6 Å². The minimum absolute atomic E-state index is 0.640. The third-order valence-electron chi connectivity index (χ3n) is 3.29. The highest BCUT2D eigenvalue weighted by Gasteiger charge is 2.27. The van der Waals surface area contributed by atoms with Gasteiger partial charge in [0.15, 0.2) is 0 Å². The number of carboxylic acid groups (broad SMARTS) is 1. The van der Waals surface area contributed by atoms with Crippen LogP contribution >= 0.6 is 0 Å². The van der Waals surface area contributed by atoms with Crippen LogP contribution in [0.3, 0.4) is 0 Å². The van der Waals surface area contributed by atoms with Crippen molar-refractivity contribution in [3.63, 3.8) is 0 Å². The summed E-state index contributed by atoms with van der Waals surface area (Å²) in [5, 5.41) is 11.1. The van der Waals surface area contributed by atoms with Crippen LogP contribution in [0.2, 0.25) is 0 Å². The fourth-order valence-corrected chi connectivity index (χ4v) is 2.54. The molecule has 0 spiro atoms. The van der Waals surface area contributed by atoms with Crippen LogP contribution in [0.5, 0.6) is 0 Å². The standard InChI is InChI=1S/C14H20N2O6S/c1-9(10-4-6-11(7-5-10)16(2)3)13(17)15-12(14(18)19)8-23(20,21)22/h4-7,9,12H,8H2,1-3H3,(H,15,17)(H,18,19)(H,20,21,22). The van der Waals surface area contributed by atoms with Gasteiger partial charge < -0.3 is 15.3 Å². The number of carboxylic acids is 1. The van der Waals surface area contributed by atoms with E-state index in [1.165, 1.54) is 0 Å². The van der Waals surface area contributed by atoms with Gasteiger partial charge in [-0.15, -0.1) is 0 Å². The van der Waals surface area contributed by atoms with Gasteiger partial charge in [0.2, 0.25) is 5.91 Å².